The molecule has 0 bridgehead atoms. The standard InChI is InChI=1S/C40H54N4O7/c1-7-10-16-26-20-40(26)21-33(40)51-39(47)43-34(25-14-12-11-13-15-25)37(45)44-22-32(28(8-2)35(44)38(46)49-23-24(4)5)50-36-29(9-3)41-30-18-17-27(48-6)19-31(30)42-36/h7,9,17-19,24-26,28,32-35H,1,3,8,10-16,20-23H2,2,4-6H3,(H,43,47)/t26?,28?,32-,33+,34-,35-,40?/m0/s1. The Hall–Kier alpha value is -4.15. The van der Waals surface area contributed by atoms with Crippen molar-refractivity contribution in [3.63, 3.8) is 0 Å². The minimum Gasteiger partial charge on any atom is -0.497 e. The summed E-state index contributed by atoms with van der Waals surface area (Å²) >= 11 is 0. The highest BCUT2D eigenvalue weighted by Crippen LogP contribution is 2.73. The van der Waals surface area contributed by atoms with Crippen molar-refractivity contribution in [1.82, 2.24) is 20.2 Å². The first kappa shape index (κ1) is 36.6. The molecular formula is C40H54N4O7. The zero-order chi connectivity index (χ0) is 36.3. The van der Waals surface area contributed by atoms with E-state index in [1.54, 1.807) is 24.2 Å². The number of fused-ring (bicyclic) bond motifs is 1. The van der Waals surface area contributed by atoms with Crippen molar-refractivity contribution in [2.24, 2.45) is 29.1 Å². The van der Waals surface area contributed by atoms with E-state index in [-0.39, 0.29) is 48.3 Å². The molecule has 6 rings (SSSR count). The minimum atomic E-state index is -0.903. The van der Waals surface area contributed by atoms with Gasteiger partial charge in [0.1, 0.15) is 35.7 Å². The first-order valence-electron chi connectivity index (χ1n) is 18.8. The van der Waals surface area contributed by atoms with Crippen LogP contribution in [0.5, 0.6) is 11.6 Å². The highest BCUT2D eigenvalue weighted by atomic mass is 16.6. The van der Waals surface area contributed by atoms with E-state index < -0.39 is 36.2 Å². The number of rotatable bonds is 15. The summed E-state index contributed by atoms with van der Waals surface area (Å²) in [6.45, 7) is 14.0. The van der Waals surface area contributed by atoms with Crippen molar-refractivity contribution in [2.75, 3.05) is 20.3 Å². The van der Waals surface area contributed by atoms with Crippen LogP contribution in [0.15, 0.2) is 37.4 Å². The van der Waals surface area contributed by atoms with Crippen LogP contribution in [0.2, 0.25) is 0 Å². The van der Waals surface area contributed by atoms with Crippen molar-refractivity contribution in [3.05, 3.63) is 43.1 Å². The largest absolute Gasteiger partial charge is 0.497 e. The third-order valence-corrected chi connectivity index (χ3v) is 11.4. The number of hydrogen-bond acceptors (Lipinski definition) is 9. The molecule has 2 heterocycles. The van der Waals surface area contributed by atoms with E-state index in [1.807, 2.05) is 39.0 Å². The van der Waals surface area contributed by atoms with E-state index in [4.69, 9.17) is 28.9 Å². The number of benzene rings is 1. The summed E-state index contributed by atoms with van der Waals surface area (Å²) in [7, 11) is 1.59. The number of esters is 1. The number of amides is 2. The zero-order valence-corrected chi connectivity index (χ0v) is 30.6. The van der Waals surface area contributed by atoms with Crippen LogP contribution in [0, 0.1) is 29.1 Å². The highest BCUT2D eigenvalue weighted by molar-refractivity contribution is 5.91. The lowest BCUT2D eigenvalue weighted by Gasteiger charge is -2.34. The molecule has 1 N–H and O–H groups in total. The van der Waals surface area contributed by atoms with Gasteiger partial charge in [0.05, 0.1) is 31.3 Å². The van der Waals surface area contributed by atoms with E-state index in [0.29, 0.717) is 34.8 Å². The second-order valence-electron chi connectivity index (χ2n) is 15.3. The third kappa shape index (κ3) is 7.87. The number of carbonyl (C=O) groups is 3. The van der Waals surface area contributed by atoms with Gasteiger partial charge in [-0.2, -0.15) is 0 Å². The highest BCUT2D eigenvalue weighted by Gasteiger charge is 2.72. The number of ether oxygens (including phenoxy) is 4. The van der Waals surface area contributed by atoms with Crippen molar-refractivity contribution < 1.29 is 33.3 Å². The lowest BCUT2D eigenvalue weighted by molar-refractivity contribution is -0.156. The number of hydrogen-bond donors (Lipinski definition) is 1. The summed E-state index contributed by atoms with van der Waals surface area (Å²) < 4.78 is 23.7. The molecule has 1 aromatic heterocycles. The number of nitrogens with one attached hydrogen (secondary N) is 1. The summed E-state index contributed by atoms with van der Waals surface area (Å²) in [5.74, 6) is 0.305. The maximum atomic E-state index is 14.8. The maximum Gasteiger partial charge on any atom is 0.408 e. The lowest BCUT2D eigenvalue weighted by atomic mass is 9.83. The number of alkyl carbamates (subject to hydrolysis) is 1. The van der Waals surface area contributed by atoms with Crippen LogP contribution >= 0.6 is 0 Å². The average Bonchev–Trinajstić information content (AvgIpc) is 3.99. The Kier molecular flexibility index (Phi) is 11.2. The molecule has 2 amide bonds. The molecule has 1 saturated heterocycles. The van der Waals surface area contributed by atoms with Gasteiger partial charge in [0, 0.05) is 17.4 Å². The van der Waals surface area contributed by atoms with Gasteiger partial charge in [-0.05, 0) is 80.9 Å². The fraction of sp³-hybridized carbons (Fsp3) is 0.625. The molecule has 3 saturated carbocycles. The van der Waals surface area contributed by atoms with Gasteiger partial charge < -0.3 is 29.2 Å². The first-order valence-corrected chi connectivity index (χ1v) is 18.8. The molecular weight excluding hydrogens is 648 g/mol. The van der Waals surface area contributed by atoms with E-state index in [9.17, 15) is 14.4 Å². The minimum absolute atomic E-state index is 0.0747. The monoisotopic (exact) mass is 702 g/mol. The molecule has 4 aliphatic rings. The average molecular weight is 703 g/mol. The van der Waals surface area contributed by atoms with Crippen molar-refractivity contribution in [3.8, 4) is 11.6 Å². The zero-order valence-electron chi connectivity index (χ0n) is 30.6. The quantitative estimate of drug-likeness (QED) is 0.156. The molecule has 4 fully saturated rings. The second kappa shape index (κ2) is 15.6. The summed E-state index contributed by atoms with van der Waals surface area (Å²) in [4.78, 5) is 53.2. The number of allylic oxidation sites excluding steroid dienone is 1. The predicted molar refractivity (Wildman–Crippen MR) is 194 cm³/mol. The molecule has 2 aromatic rings. The molecule has 3 unspecified atom stereocenters. The smallest absolute Gasteiger partial charge is 0.408 e. The number of nitrogens with zero attached hydrogens (tertiary/aromatic N) is 3. The Bertz CT molecular complexity index is 1620. The van der Waals surface area contributed by atoms with Crippen LogP contribution in [-0.2, 0) is 19.1 Å². The Morgan fingerprint density at radius 2 is 1.88 bits per heavy atom. The van der Waals surface area contributed by atoms with Crippen molar-refractivity contribution in [2.45, 2.75) is 109 Å². The third-order valence-electron chi connectivity index (χ3n) is 11.4. The van der Waals surface area contributed by atoms with E-state index in [1.165, 1.54) is 0 Å². The topological polar surface area (TPSA) is 129 Å². The van der Waals surface area contributed by atoms with Gasteiger partial charge in [-0.15, -0.1) is 6.58 Å². The number of aromatic nitrogens is 2. The molecule has 1 spiro atoms. The molecule has 1 aromatic carbocycles. The molecule has 276 valence electrons. The fourth-order valence-electron chi connectivity index (χ4n) is 8.39. The van der Waals surface area contributed by atoms with Gasteiger partial charge in [0.25, 0.3) is 0 Å². The van der Waals surface area contributed by atoms with Gasteiger partial charge in [-0.1, -0.05) is 52.7 Å². The van der Waals surface area contributed by atoms with Gasteiger partial charge in [0.15, 0.2) is 0 Å². The van der Waals surface area contributed by atoms with Crippen LogP contribution in [0.3, 0.4) is 0 Å². The summed E-state index contributed by atoms with van der Waals surface area (Å²) in [6.07, 6.45) is 11.4. The number of likely N-dealkylation sites (tertiary alicyclic amines) is 1. The molecule has 0 radical (unpaired) electrons. The normalized spacial score (nSPS) is 27.5. The van der Waals surface area contributed by atoms with Crippen molar-refractivity contribution >= 4 is 35.1 Å². The maximum absolute atomic E-state index is 14.8. The van der Waals surface area contributed by atoms with Gasteiger partial charge in [-0.3, -0.25) is 4.79 Å². The number of carbonyl (C=O) groups excluding carboxylic acids is 3. The van der Waals surface area contributed by atoms with Gasteiger partial charge in [-0.25, -0.2) is 19.6 Å². The van der Waals surface area contributed by atoms with Crippen LogP contribution in [0.1, 0.15) is 90.7 Å². The van der Waals surface area contributed by atoms with Gasteiger partial charge in [0.2, 0.25) is 11.8 Å². The van der Waals surface area contributed by atoms with E-state index >= 15 is 0 Å². The molecule has 11 nitrogen and oxygen atoms in total. The lowest BCUT2D eigenvalue weighted by Crippen LogP contribution is -2.56. The Morgan fingerprint density at radius 1 is 1.10 bits per heavy atom. The fourth-order valence-corrected chi connectivity index (χ4v) is 8.39. The molecule has 7 atom stereocenters. The van der Waals surface area contributed by atoms with Crippen LogP contribution in [0.25, 0.3) is 17.1 Å². The van der Waals surface area contributed by atoms with Crippen LogP contribution < -0.4 is 14.8 Å². The van der Waals surface area contributed by atoms with Crippen LogP contribution in [0.4, 0.5) is 4.79 Å². The summed E-state index contributed by atoms with van der Waals surface area (Å²) in [5, 5.41) is 3.01. The first-order chi connectivity index (χ1) is 24.6. The summed E-state index contributed by atoms with van der Waals surface area (Å²) in [6, 6.07) is 3.68. The van der Waals surface area contributed by atoms with E-state index in [2.05, 4.69) is 18.5 Å². The predicted octanol–water partition coefficient (Wildman–Crippen LogP) is 6.88. The number of methoxy groups -OCH3 is 1. The van der Waals surface area contributed by atoms with E-state index in [0.717, 1.165) is 57.8 Å². The van der Waals surface area contributed by atoms with Crippen molar-refractivity contribution in [1.29, 1.82) is 0 Å². The van der Waals surface area contributed by atoms with Crippen LogP contribution in [-0.4, -0.2) is 77.4 Å². The molecule has 1 aliphatic heterocycles. The SMILES string of the molecule is C=CCCC1CC12C[C@H]2OC(=O)N[C@H](C(=O)N1C[C@H](Oc2nc3cc(OC)ccc3nc2C=C)C(CC)[C@H]1C(=O)OCC(C)C)C1CCCCC1. The molecule has 11 heteroatoms. The molecule has 3 aliphatic carbocycles. The second-order valence-corrected chi connectivity index (χ2v) is 15.3. The Morgan fingerprint density at radius 3 is 2.57 bits per heavy atom. The Balaban J connectivity index is 1.26. The Labute approximate surface area is 301 Å². The summed E-state index contributed by atoms with van der Waals surface area (Å²) in [5.41, 5.74) is 1.79. The van der Waals surface area contributed by atoms with Gasteiger partial charge >= 0.3 is 12.1 Å². The molecule has 51 heavy (non-hydrogen) atoms.